The molecule has 0 aromatic heterocycles. The maximum Gasteiger partial charge on any atom is 0.236 e. The minimum absolute atomic E-state index is 0.293. The summed E-state index contributed by atoms with van der Waals surface area (Å²) in [6.07, 6.45) is 6.46. The first-order chi connectivity index (χ1) is 6.86. The molecule has 1 heterocycles. The molecule has 1 saturated carbocycles. The summed E-state index contributed by atoms with van der Waals surface area (Å²) in [7, 11) is 0. The Hall–Kier alpha value is -0.570. The van der Waals surface area contributed by atoms with Crippen molar-refractivity contribution < 1.29 is 4.79 Å². The van der Waals surface area contributed by atoms with Crippen molar-refractivity contribution in [3.63, 3.8) is 0 Å². The van der Waals surface area contributed by atoms with Crippen LogP contribution < -0.4 is 5.32 Å². The van der Waals surface area contributed by atoms with Crippen molar-refractivity contribution in [2.45, 2.75) is 32.1 Å². The fourth-order valence-electron chi connectivity index (χ4n) is 2.16. The van der Waals surface area contributed by atoms with E-state index in [0.29, 0.717) is 12.5 Å². The van der Waals surface area contributed by atoms with Gasteiger partial charge in [-0.15, -0.1) is 0 Å². The van der Waals surface area contributed by atoms with Gasteiger partial charge in [0.05, 0.1) is 6.54 Å². The largest absolute Gasteiger partial charge is 0.342 e. The summed E-state index contributed by atoms with van der Waals surface area (Å²) in [5.74, 6) is 1.14. The van der Waals surface area contributed by atoms with Gasteiger partial charge >= 0.3 is 0 Å². The van der Waals surface area contributed by atoms with Gasteiger partial charge in [-0.05, 0) is 38.1 Å². The molecule has 14 heavy (non-hydrogen) atoms. The third-order valence-electron chi connectivity index (χ3n) is 3.39. The van der Waals surface area contributed by atoms with Gasteiger partial charge in [0.1, 0.15) is 0 Å². The van der Waals surface area contributed by atoms with E-state index in [9.17, 15) is 4.79 Å². The number of likely N-dealkylation sites (tertiary alicyclic amines) is 1. The molecule has 2 aliphatic rings. The number of rotatable bonds is 4. The molecule has 0 unspecified atom stereocenters. The molecule has 2 rings (SSSR count). The first-order valence-corrected chi connectivity index (χ1v) is 5.85. The van der Waals surface area contributed by atoms with Gasteiger partial charge in [-0.1, -0.05) is 6.42 Å². The van der Waals surface area contributed by atoms with E-state index in [4.69, 9.17) is 0 Å². The molecule has 0 spiro atoms. The summed E-state index contributed by atoms with van der Waals surface area (Å²) in [5, 5.41) is 3.27. The molecule has 1 amide bonds. The van der Waals surface area contributed by atoms with Crippen molar-refractivity contribution in [3.8, 4) is 0 Å². The topological polar surface area (TPSA) is 32.3 Å². The average Bonchev–Trinajstić information content (AvgIpc) is 2.61. The lowest BCUT2D eigenvalue weighted by molar-refractivity contribution is -0.129. The highest BCUT2D eigenvalue weighted by atomic mass is 16.2. The Morgan fingerprint density at radius 3 is 2.50 bits per heavy atom. The van der Waals surface area contributed by atoms with Crippen LogP contribution in [0.5, 0.6) is 0 Å². The molecule has 0 aromatic carbocycles. The summed E-state index contributed by atoms with van der Waals surface area (Å²) in [6.45, 7) is 3.55. The average molecular weight is 196 g/mol. The van der Waals surface area contributed by atoms with Crippen molar-refractivity contribution in [3.05, 3.63) is 0 Å². The first-order valence-electron chi connectivity index (χ1n) is 5.85. The molecular formula is C11H20N2O. The van der Waals surface area contributed by atoms with Gasteiger partial charge in [-0.2, -0.15) is 0 Å². The quantitative estimate of drug-likeness (QED) is 0.727. The summed E-state index contributed by atoms with van der Waals surface area (Å²) in [5.41, 5.74) is 0. The molecule has 3 heteroatoms. The minimum Gasteiger partial charge on any atom is -0.342 e. The molecule has 0 bridgehead atoms. The Morgan fingerprint density at radius 1 is 1.21 bits per heavy atom. The third-order valence-corrected chi connectivity index (χ3v) is 3.39. The van der Waals surface area contributed by atoms with Gasteiger partial charge in [-0.3, -0.25) is 4.79 Å². The predicted octanol–water partition coefficient (Wildman–Crippen LogP) is 0.998. The molecule has 2 fully saturated rings. The number of carbonyl (C=O) groups excluding carboxylic acids is 1. The van der Waals surface area contributed by atoms with Crippen LogP contribution in [0.2, 0.25) is 0 Å². The smallest absolute Gasteiger partial charge is 0.236 e. The molecule has 1 N–H and O–H groups in total. The number of carbonyl (C=O) groups is 1. The molecule has 0 radical (unpaired) electrons. The Kier molecular flexibility index (Phi) is 3.40. The fourth-order valence-corrected chi connectivity index (χ4v) is 2.16. The highest BCUT2D eigenvalue weighted by molar-refractivity contribution is 5.78. The normalized spacial score (nSPS) is 22.4. The van der Waals surface area contributed by atoms with Gasteiger partial charge in [-0.25, -0.2) is 0 Å². The van der Waals surface area contributed by atoms with Crippen LogP contribution >= 0.6 is 0 Å². The van der Waals surface area contributed by atoms with E-state index in [1.807, 2.05) is 4.90 Å². The fraction of sp³-hybridized carbons (Fsp3) is 0.909. The second-order valence-electron chi connectivity index (χ2n) is 4.52. The van der Waals surface area contributed by atoms with E-state index in [2.05, 4.69) is 5.32 Å². The second kappa shape index (κ2) is 4.78. The molecule has 3 nitrogen and oxygen atoms in total. The summed E-state index contributed by atoms with van der Waals surface area (Å²) >= 11 is 0. The minimum atomic E-state index is 0.293. The maximum absolute atomic E-state index is 11.6. The van der Waals surface area contributed by atoms with Gasteiger partial charge in [0.25, 0.3) is 0 Å². The molecule has 0 atom stereocenters. The second-order valence-corrected chi connectivity index (χ2v) is 4.52. The third kappa shape index (κ3) is 2.47. The molecular weight excluding hydrogens is 176 g/mol. The van der Waals surface area contributed by atoms with E-state index >= 15 is 0 Å². The van der Waals surface area contributed by atoms with Crippen LogP contribution in [0.25, 0.3) is 0 Å². The number of hydrogen-bond acceptors (Lipinski definition) is 2. The summed E-state index contributed by atoms with van der Waals surface area (Å²) in [4.78, 5) is 13.6. The van der Waals surface area contributed by atoms with Crippen LogP contribution in [-0.2, 0) is 4.79 Å². The summed E-state index contributed by atoms with van der Waals surface area (Å²) in [6, 6.07) is 0. The molecule has 1 aliphatic heterocycles. The lowest BCUT2D eigenvalue weighted by Gasteiger charge is -2.25. The first kappa shape index (κ1) is 9.97. The van der Waals surface area contributed by atoms with E-state index in [1.165, 1.54) is 32.1 Å². The Labute approximate surface area is 85.8 Å². The molecule has 1 aliphatic carbocycles. The van der Waals surface area contributed by atoms with E-state index in [0.717, 1.165) is 25.6 Å². The lowest BCUT2D eigenvalue weighted by atomic mass is 9.85. The number of amides is 1. The van der Waals surface area contributed by atoms with Crippen LogP contribution in [0.4, 0.5) is 0 Å². The molecule has 1 saturated heterocycles. The summed E-state index contributed by atoms with van der Waals surface area (Å²) < 4.78 is 0. The maximum atomic E-state index is 11.6. The van der Waals surface area contributed by atoms with E-state index < -0.39 is 0 Å². The van der Waals surface area contributed by atoms with Crippen molar-refractivity contribution >= 4 is 5.91 Å². The molecule has 0 aromatic rings. The zero-order valence-electron chi connectivity index (χ0n) is 8.80. The number of nitrogens with zero attached hydrogens (tertiary/aromatic N) is 1. The zero-order chi connectivity index (χ0) is 9.80. The van der Waals surface area contributed by atoms with Crippen LogP contribution in [0.3, 0.4) is 0 Å². The van der Waals surface area contributed by atoms with Gasteiger partial charge < -0.3 is 10.2 Å². The van der Waals surface area contributed by atoms with Gasteiger partial charge in [0.2, 0.25) is 5.91 Å². The van der Waals surface area contributed by atoms with Crippen LogP contribution in [0.15, 0.2) is 0 Å². The van der Waals surface area contributed by atoms with Crippen molar-refractivity contribution in [2.75, 3.05) is 26.2 Å². The molecule has 80 valence electrons. The Balaban J connectivity index is 1.57. The van der Waals surface area contributed by atoms with Crippen LogP contribution in [0.1, 0.15) is 32.1 Å². The standard InChI is InChI=1S/C11H20N2O/c14-11(13-6-1-2-7-13)9-12-8-10-4-3-5-10/h10,12H,1-9H2. The van der Waals surface area contributed by atoms with Crippen LogP contribution in [-0.4, -0.2) is 37.0 Å². The van der Waals surface area contributed by atoms with E-state index in [-0.39, 0.29) is 0 Å². The van der Waals surface area contributed by atoms with Gasteiger partial charge in [0.15, 0.2) is 0 Å². The number of hydrogen-bond donors (Lipinski definition) is 1. The van der Waals surface area contributed by atoms with E-state index in [1.54, 1.807) is 0 Å². The lowest BCUT2D eigenvalue weighted by Crippen LogP contribution is -2.38. The van der Waals surface area contributed by atoms with Crippen molar-refractivity contribution in [1.29, 1.82) is 0 Å². The van der Waals surface area contributed by atoms with Crippen molar-refractivity contribution in [2.24, 2.45) is 5.92 Å². The zero-order valence-corrected chi connectivity index (χ0v) is 8.80. The van der Waals surface area contributed by atoms with Crippen molar-refractivity contribution in [1.82, 2.24) is 10.2 Å². The Morgan fingerprint density at radius 2 is 1.93 bits per heavy atom. The van der Waals surface area contributed by atoms with Crippen LogP contribution in [0, 0.1) is 5.92 Å². The predicted molar refractivity (Wildman–Crippen MR) is 56.0 cm³/mol. The highest BCUT2D eigenvalue weighted by Crippen LogP contribution is 2.24. The highest BCUT2D eigenvalue weighted by Gasteiger charge is 2.19. The monoisotopic (exact) mass is 196 g/mol. The Bertz CT molecular complexity index is 195. The number of nitrogens with one attached hydrogen (secondary N) is 1. The van der Waals surface area contributed by atoms with Gasteiger partial charge in [0, 0.05) is 13.1 Å². The SMILES string of the molecule is O=C(CNCC1CCC1)N1CCCC1.